The lowest BCUT2D eigenvalue weighted by Crippen LogP contribution is -2.45. The first-order valence-electron chi connectivity index (χ1n) is 5.08. The molecule has 13 heavy (non-hydrogen) atoms. The second-order valence-electron chi connectivity index (χ2n) is 3.65. The first-order valence-corrected chi connectivity index (χ1v) is 5.08. The molecule has 0 bridgehead atoms. The molecule has 3 heteroatoms. The average Bonchev–Trinajstić information content (AvgIpc) is 2.13. The van der Waals surface area contributed by atoms with Crippen molar-refractivity contribution >= 4 is 0 Å². The van der Waals surface area contributed by atoms with Crippen LogP contribution in [-0.2, 0) is 4.74 Å². The molecule has 2 atom stereocenters. The Balaban J connectivity index is 3.94. The molecule has 0 saturated carbocycles. The Morgan fingerprint density at radius 2 is 2.08 bits per heavy atom. The van der Waals surface area contributed by atoms with Crippen LogP contribution in [0.3, 0.4) is 0 Å². The van der Waals surface area contributed by atoms with Gasteiger partial charge in [0.15, 0.2) is 0 Å². The van der Waals surface area contributed by atoms with E-state index in [-0.39, 0.29) is 0 Å². The predicted molar refractivity (Wildman–Crippen MR) is 56.9 cm³/mol. The van der Waals surface area contributed by atoms with E-state index in [2.05, 4.69) is 25.8 Å². The predicted octanol–water partition coefficient (Wildman–Crippen LogP) is 1.08. The summed E-state index contributed by atoms with van der Waals surface area (Å²) in [7, 11) is 3.85. The average molecular weight is 188 g/mol. The van der Waals surface area contributed by atoms with Crippen molar-refractivity contribution in [2.24, 2.45) is 5.73 Å². The van der Waals surface area contributed by atoms with Crippen LogP contribution >= 0.6 is 0 Å². The van der Waals surface area contributed by atoms with Gasteiger partial charge in [0, 0.05) is 25.7 Å². The van der Waals surface area contributed by atoms with Crippen molar-refractivity contribution in [3.8, 4) is 0 Å². The zero-order valence-electron chi connectivity index (χ0n) is 9.42. The maximum Gasteiger partial charge on any atom is 0.0630 e. The van der Waals surface area contributed by atoms with Crippen LogP contribution in [0.15, 0.2) is 0 Å². The molecule has 0 rings (SSSR count). The van der Waals surface area contributed by atoms with Gasteiger partial charge >= 0.3 is 0 Å². The summed E-state index contributed by atoms with van der Waals surface area (Å²) < 4.78 is 5.12. The van der Waals surface area contributed by atoms with Crippen LogP contribution in [0.4, 0.5) is 0 Å². The number of hydrogen-bond acceptors (Lipinski definition) is 3. The number of hydrogen-bond donors (Lipinski definition) is 1. The highest BCUT2D eigenvalue weighted by molar-refractivity contribution is 4.73. The monoisotopic (exact) mass is 188 g/mol. The van der Waals surface area contributed by atoms with Crippen molar-refractivity contribution in [3.05, 3.63) is 0 Å². The van der Waals surface area contributed by atoms with E-state index in [0.717, 1.165) is 6.61 Å². The second-order valence-corrected chi connectivity index (χ2v) is 3.65. The highest BCUT2D eigenvalue weighted by Crippen LogP contribution is 2.07. The lowest BCUT2D eigenvalue weighted by Gasteiger charge is -2.31. The summed E-state index contributed by atoms with van der Waals surface area (Å²) >= 11 is 0. The normalized spacial score (nSPS) is 16.2. The Morgan fingerprint density at radius 1 is 1.46 bits per heavy atom. The number of nitrogens with two attached hydrogens (primary N) is 1. The summed E-state index contributed by atoms with van der Waals surface area (Å²) in [6.45, 7) is 5.83. The topological polar surface area (TPSA) is 38.5 Å². The number of ether oxygens (including phenoxy) is 1. The third kappa shape index (κ3) is 4.60. The van der Waals surface area contributed by atoms with E-state index >= 15 is 0 Å². The molecule has 0 aromatic carbocycles. The van der Waals surface area contributed by atoms with Crippen LogP contribution < -0.4 is 5.73 Å². The molecule has 0 aliphatic heterocycles. The van der Waals surface area contributed by atoms with Crippen molar-refractivity contribution in [1.29, 1.82) is 0 Å². The molecule has 0 saturated heterocycles. The summed E-state index contributed by atoms with van der Waals surface area (Å²) in [6.07, 6.45) is 2.44. The minimum Gasteiger partial charge on any atom is -0.383 e. The van der Waals surface area contributed by atoms with Crippen LogP contribution in [-0.4, -0.2) is 44.3 Å². The van der Waals surface area contributed by atoms with Crippen molar-refractivity contribution in [2.45, 2.75) is 38.8 Å². The van der Waals surface area contributed by atoms with Gasteiger partial charge in [-0.25, -0.2) is 0 Å². The number of rotatable bonds is 7. The molecule has 0 fully saturated rings. The summed E-state index contributed by atoms with van der Waals surface area (Å²) in [5, 5.41) is 0. The van der Waals surface area contributed by atoms with Gasteiger partial charge in [0.1, 0.15) is 0 Å². The van der Waals surface area contributed by atoms with E-state index in [1.807, 2.05) is 0 Å². The third-order valence-corrected chi connectivity index (χ3v) is 2.61. The zero-order chi connectivity index (χ0) is 10.3. The van der Waals surface area contributed by atoms with Crippen molar-refractivity contribution in [1.82, 2.24) is 4.90 Å². The van der Waals surface area contributed by atoms with Gasteiger partial charge in [-0.2, -0.15) is 0 Å². The summed E-state index contributed by atoms with van der Waals surface area (Å²) in [5.41, 5.74) is 5.67. The molecule has 0 aliphatic rings. The van der Waals surface area contributed by atoms with Gasteiger partial charge in [0.05, 0.1) is 6.61 Å². The van der Waals surface area contributed by atoms with Crippen molar-refractivity contribution in [2.75, 3.05) is 27.3 Å². The fraction of sp³-hybridized carbons (Fsp3) is 1.00. The Kier molecular flexibility index (Phi) is 7.23. The first kappa shape index (κ1) is 12.9. The van der Waals surface area contributed by atoms with E-state index in [1.165, 1.54) is 12.8 Å². The van der Waals surface area contributed by atoms with Gasteiger partial charge in [-0.1, -0.05) is 13.3 Å². The molecule has 0 aliphatic carbocycles. The van der Waals surface area contributed by atoms with Crippen molar-refractivity contribution < 1.29 is 4.74 Å². The lowest BCUT2D eigenvalue weighted by molar-refractivity contribution is 0.0858. The summed E-state index contributed by atoms with van der Waals surface area (Å²) in [6, 6.07) is 0.945. The molecular weight excluding hydrogens is 164 g/mol. The largest absolute Gasteiger partial charge is 0.383 e. The van der Waals surface area contributed by atoms with E-state index < -0.39 is 0 Å². The highest BCUT2D eigenvalue weighted by atomic mass is 16.5. The van der Waals surface area contributed by atoms with Crippen LogP contribution in [0.5, 0.6) is 0 Å². The molecule has 0 aromatic heterocycles. The molecule has 0 amide bonds. The Morgan fingerprint density at radius 3 is 2.46 bits per heavy atom. The fourth-order valence-corrected chi connectivity index (χ4v) is 1.53. The molecule has 80 valence electrons. The standard InChI is InChI=1S/C10H24N2O/c1-5-6-9(2)12(3)10(7-11)8-13-4/h9-10H,5-8,11H2,1-4H3. The fourth-order valence-electron chi connectivity index (χ4n) is 1.53. The molecule has 3 nitrogen and oxygen atoms in total. The van der Waals surface area contributed by atoms with Crippen LogP contribution in [0.25, 0.3) is 0 Å². The van der Waals surface area contributed by atoms with Gasteiger partial charge in [-0.05, 0) is 20.4 Å². The van der Waals surface area contributed by atoms with E-state index in [0.29, 0.717) is 18.6 Å². The molecule has 0 spiro atoms. The maximum atomic E-state index is 5.67. The smallest absolute Gasteiger partial charge is 0.0630 e. The van der Waals surface area contributed by atoms with Gasteiger partial charge in [0.25, 0.3) is 0 Å². The molecular formula is C10H24N2O. The molecule has 2 N–H and O–H groups in total. The van der Waals surface area contributed by atoms with E-state index in [4.69, 9.17) is 10.5 Å². The quantitative estimate of drug-likeness (QED) is 0.650. The number of likely N-dealkylation sites (N-methyl/N-ethyl adjacent to an activating group) is 1. The number of methoxy groups -OCH3 is 1. The maximum absolute atomic E-state index is 5.67. The van der Waals surface area contributed by atoms with Crippen LogP contribution in [0.1, 0.15) is 26.7 Å². The molecule has 0 heterocycles. The second kappa shape index (κ2) is 7.30. The Bertz CT molecular complexity index is 119. The zero-order valence-corrected chi connectivity index (χ0v) is 9.42. The minimum atomic E-state index is 0.353. The first-order chi connectivity index (χ1) is 6.17. The van der Waals surface area contributed by atoms with Crippen molar-refractivity contribution in [3.63, 3.8) is 0 Å². The highest BCUT2D eigenvalue weighted by Gasteiger charge is 2.17. The molecule has 0 aromatic rings. The van der Waals surface area contributed by atoms with Crippen LogP contribution in [0.2, 0.25) is 0 Å². The van der Waals surface area contributed by atoms with E-state index in [9.17, 15) is 0 Å². The third-order valence-electron chi connectivity index (χ3n) is 2.61. The van der Waals surface area contributed by atoms with Crippen LogP contribution in [0, 0.1) is 0 Å². The Labute approximate surface area is 82.2 Å². The minimum absolute atomic E-state index is 0.353. The van der Waals surface area contributed by atoms with Gasteiger partial charge in [-0.15, -0.1) is 0 Å². The Hall–Kier alpha value is -0.120. The molecule has 0 radical (unpaired) electrons. The van der Waals surface area contributed by atoms with E-state index in [1.54, 1.807) is 7.11 Å². The summed E-state index contributed by atoms with van der Waals surface area (Å²) in [5.74, 6) is 0. The van der Waals surface area contributed by atoms with Gasteiger partial charge < -0.3 is 10.5 Å². The summed E-state index contributed by atoms with van der Waals surface area (Å²) in [4.78, 5) is 2.31. The lowest BCUT2D eigenvalue weighted by atomic mass is 10.1. The number of nitrogens with zero attached hydrogens (tertiary/aromatic N) is 1. The van der Waals surface area contributed by atoms with Gasteiger partial charge in [-0.3, -0.25) is 4.90 Å². The van der Waals surface area contributed by atoms with Gasteiger partial charge in [0.2, 0.25) is 0 Å². The SMILES string of the molecule is CCCC(C)N(C)C(CN)COC. The molecule has 2 unspecified atom stereocenters.